The van der Waals surface area contributed by atoms with E-state index in [1.807, 2.05) is 13.8 Å². The van der Waals surface area contributed by atoms with Crippen molar-refractivity contribution in [1.29, 1.82) is 0 Å². The molecule has 1 aromatic carbocycles. The Morgan fingerprint density at radius 1 is 0.949 bits per heavy atom. The van der Waals surface area contributed by atoms with Gasteiger partial charge in [-0.15, -0.1) is 0 Å². The van der Waals surface area contributed by atoms with Crippen LogP contribution in [0, 0.1) is 0 Å². The molecule has 0 saturated heterocycles. The first-order chi connectivity index (χ1) is 18.5. The fraction of sp³-hybridized carbons (Fsp3) is 0.583. The number of fused-ring (bicyclic) bond motifs is 1. The first kappa shape index (κ1) is 30.0. The third-order valence-electron chi connectivity index (χ3n) is 5.54. The zero-order valence-corrected chi connectivity index (χ0v) is 21.5. The predicted molar refractivity (Wildman–Crippen MR) is 131 cm³/mol. The molecule has 2 aromatic rings. The van der Waals surface area contributed by atoms with E-state index in [4.69, 9.17) is 9.47 Å². The maximum absolute atomic E-state index is 13.2. The van der Waals surface area contributed by atoms with E-state index in [9.17, 15) is 26.3 Å². The lowest BCUT2D eigenvalue weighted by Gasteiger charge is -2.25. The van der Waals surface area contributed by atoms with E-state index in [1.54, 1.807) is 23.1 Å². The number of benzene rings is 1. The number of nitrogens with zero attached hydrogens (tertiary/aromatic N) is 5. The van der Waals surface area contributed by atoms with Crippen molar-refractivity contribution in [3.05, 3.63) is 23.8 Å². The minimum Gasteiger partial charge on any atom is -0.454 e. The van der Waals surface area contributed by atoms with Gasteiger partial charge in [-0.3, -0.25) is 0 Å². The van der Waals surface area contributed by atoms with Crippen LogP contribution in [0.5, 0.6) is 17.5 Å². The highest BCUT2D eigenvalue weighted by atomic mass is 19.4. The molecule has 1 aliphatic rings. The van der Waals surface area contributed by atoms with Gasteiger partial charge in [0.15, 0.2) is 11.5 Å². The van der Waals surface area contributed by atoms with Gasteiger partial charge >= 0.3 is 18.4 Å². The first-order valence-electron chi connectivity index (χ1n) is 12.5. The Kier molecular flexibility index (Phi) is 10.4. The molecule has 15 heteroatoms. The summed E-state index contributed by atoms with van der Waals surface area (Å²) < 4.78 is 93.8. The Morgan fingerprint density at radius 3 is 2.21 bits per heavy atom. The molecular formula is C24H30F6N6O3. The minimum atomic E-state index is -5.74. The summed E-state index contributed by atoms with van der Waals surface area (Å²) in [6.45, 7) is 4.98. The van der Waals surface area contributed by atoms with Gasteiger partial charge in [-0.05, 0) is 36.6 Å². The summed E-state index contributed by atoms with van der Waals surface area (Å²) in [7, 11) is 0. The summed E-state index contributed by atoms with van der Waals surface area (Å²) in [4.78, 5) is 13.3. The highest BCUT2D eigenvalue weighted by Gasteiger charge is 2.59. The monoisotopic (exact) mass is 564 g/mol. The van der Waals surface area contributed by atoms with Gasteiger partial charge < -0.3 is 19.1 Å². The molecule has 39 heavy (non-hydrogen) atoms. The van der Waals surface area contributed by atoms with Crippen molar-refractivity contribution in [2.24, 2.45) is 5.10 Å². The number of hydrogen-bond donors (Lipinski definition) is 1. The average molecular weight is 565 g/mol. The third kappa shape index (κ3) is 9.03. The number of unbranched alkanes of at least 4 members (excludes halogenated alkanes) is 4. The van der Waals surface area contributed by atoms with Crippen molar-refractivity contribution >= 4 is 18.1 Å². The van der Waals surface area contributed by atoms with E-state index in [1.165, 1.54) is 6.21 Å². The number of ether oxygens (including phenoxy) is 3. The number of nitrogens with one attached hydrogen (secondary N) is 1. The Hall–Kier alpha value is -3.52. The molecule has 0 amide bonds. The topological polar surface area (TPSA) is 94.0 Å². The summed E-state index contributed by atoms with van der Waals surface area (Å²) in [6.07, 6.45) is -9.23. The summed E-state index contributed by atoms with van der Waals surface area (Å²) >= 11 is 0. The Bertz CT molecular complexity index is 1080. The van der Waals surface area contributed by atoms with E-state index >= 15 is 0 Å². The Morgan fingerprint density at radius 2 is 1.59 bits per heavy atom. The molecule has 1 aliphatic heterocycles. The molecule has 216 valence electrons. The van der Waals surface area contributed by atoms with Crippen LogP contribution in [0.15, 0.2) is 23.3 Å². The zero-order chi connectivity index (χ0) is 28.5. The second kappa shape index (κ2) is 13.5. The van der Waals surface area contributed by atoms with E-state index in [2.05, 4.69) is 30.2 Å². The summed E-state index contributed by atoms with van der Waals surface area (Å²) in [5.41, 5.74) is 3.02. The molecule has 0 atom stereocenters. The van der Waals surface area contributed by atoms with Crippen LogP contribution in [-0.2, 0) is 0 Å². The molecule has 0 bridgehead atoms. The van der Waals surface area contributed by atoms with Crippen LogP contribution in [0.1, 0.15) is 57.9 Å². The van der Waals surface area contributed by atoms with Crippen LogP contribution in [0.2, 0.25) is 0 Å². The normalized spacial score (nSPS) is 13.4. The maximum atomic E-state index is 13.2. The van der Waals surface area contributed by atoms with Crippen LogP contribution >= 0.6 is 0 Å². The first-order valence-corrected chi connectivity index (χ1v) is 12.5. The molecule has 0 aliphatic carbocycles. The lowest BCUT2D eigenvalue weighted by atomic mass is 10.2. The van der Waals surface area contributed by atoms with Crippen LogP contribution in [-0.4, -0.2) is 59.5 Å². The average Bonchev–Trinajstić information content (AvgIpc) is 3.33. The minimum absolute atomic E-state index is 0.0778. The van der Waals surface area contributed by atoms with Gasteiger partial charge in [-0.2, -0.15) is 46.4 Å². The summed E-state index contributed by atoms with van der Waals surface area (Å²) in [6, 6.07) is 3.85. The molecule has 0 fully saturated rings. The summed E-state index contributed by atoms with van der Waals surface area (Å²) in [5.74, 6) is 0.554. The van der Waals surface area contributed by atoms with Crippen molar-refractivity contribution in [2.45, 2.75) is 70.8 Å². The van der Waals surface area contributed by atoms with Gasteiger partial charge in [0, 0.05) is 13.1 Å². The lowest BCUT2D eigenvalue weighted by molar-refractivity contribution is -0.301. The standard InChI is InChI=1S/C24H30F6N6O3/c1-3-5-7-11-36(12-8-6-4-2)21-32-20(33-22(34-21)39-19(23(25,26)27)24(28,29)30)35-31-14-16-9-10-17-18(13-16)38-15-37-17/h9-10,13-14,19H,3-8,11-12,15H2,1-2H3,(H,32,33,34,35)/b31-14-. The molecule has 1 N–H and O–H groups in total. The predicted octanol–water partition coefficient (Wildman–Crippen LogP) is 6.11. The van der Waals surface area contributed by atoms with E-state index in [0.717, 1.165) is 38.5 Å². The van der Waals surface area contributed by atoms with Crippen LogP contribution in [0.3, 0.4) is 0 Å². The molecule has 0 spiro atoms. The fourth-order valence-electron chi connectivity index (χ4n) is 3.59. The number of alkyl halides is 6. The number of hydrogen-bond acceptors (Lipinski definition) is 9. The van der Waals surface area contributed by atoms with Crippen LogP contribution in [0.4, 0.5) is 38.2 Å². The van der Waals surface area contributed by atoms with Crippen LogP contribution < -0.4 is 24.5 Å². The zero-order valence-electron chi connectivity index (χ0n) is 21.5. The molecule has 3 rings (SSSR count). The number of hydrazone groups is 1. The summed E-state index contributed by atoms with van der Waals surface area (Å²) in [5, 5.41) is 3.96. The largest absolute Gasteiger partial charge is 0.454 e. The molecule has 0 unspecified atom stereocenters. The van der Waals surface area contributed by atoms with Gasteiger partial charge in [0.05, 0.1) is 6.21 Å². The maximum Gasteiger partial charge on any atom is 0.434 e. The lowest BCUT2D eigenvalue weighted by Crippen LogP contribution is -2.47. The number of aromatic nitrogens is 3. The van der Waals surface area contributed by atoms with Gasteiger partial charge in [-0.25, -0.2) is 5.43 Å². The molecular weight excluding hydrogens is 534 g/mol. The molecule has 0 saturated carbocycles. The SMILES string of the molecule is CCCCCN(CCCCC)c1nc(N/N=C\c2ccc3c(c2)OCO3)nc(OC(C(F)(F)F)C(F)(F)F)n1. The van der Waals surface area contributed by atoms with E-state index in [-0.39, 0.29) is 18.7 Å². The van der Waals surface area contributed by atoms with Crippen molar-refractivity contribution in [3.8, 4) is 17.5 Å². The fourth-order valence-corrected chi connectivity index (χ4v) is 3.59. The molecule has 0 radical (unpaired) electrons. The van der Waals surface area contributed by atoms with Crippen molar-refractivity contribution in [2.75, 3.05) is 30.2 Å². The quantitative estimate of drug-likeness (QED) is 0.127. The van der Waals surface area contributed by atoms with Gasteiger partial charge in [-0.1, -0.05) is 39.5 Å². The highest BCUT2D eigenvalue weighted by molar-refractivity contribution is 5.81. The third-order valence-corrected chi connectivity index (χ3v) is 5.54. The number of anilines is 2. The Labute approximate surface area is 221 Å². The number of halogens is 6. The Balaban J connectivity index is 1.90. The number of rotatable bonds is 14. The molecule has 2 heterocycles. The smallest absolute Gasteiger partial charge is 0.434 e. The van der Waals surface area contributed by atoms with Crippen molar-refractivity contribution < 1.29 is 40.6 Å². The van der Waals surface area contributed by atoms with E-state index in [0.29, 0.717) is 30.2 Å². The second-order valence-electron chi connectivity index (χ2n) is 8.71. The van der Waals surface area contributed by atoms with Gasteiger partial charge in [0.1, 0.15) is 0 Å². The second-order valence-corrected chi connectivity index (χ2v) is 8.71. The molecule has 9 nitrogen and oxygen atoms in total. The van der Waals surface area contributed by atoms with Crippen molar-refractivity contribution in [3.63, 3.8) is 0 Å². The van der Waals surface area contributed by atoms with Crippen molar-refractivity contribution in [1.82, 2.24) is 15.0 Å². The highest BCUT2D eigenvalue weighted by Crippen LogP contribution is 2.36. The van der Waals surface area contributed by atoms with Crippen LogP contribution in [0.25, 0.3) is 0 Å². The van der Waals surface area contributed by atoms with E-state index < -0.39 is 24.5 Å². The van der Waals surface area contributed by atoms with Gasteiger partial charge in [0.2, 0.25) is 12.7 Å². The van der Waals surface area contributed by atoms with Gasteiger partial charge in [0.25, 0.3) is 12.1 Å². The molecule has 1 aromatic heterocycles.